The van der Waals surface area contributed by atoms with Crippen LogP contribution in [0.4, 0.5) is 0 Å². The van der Waals surface area contributed by atoms with Crippen molar-refractivity contribution in [3.8, 4) is 0 Å². The van der Waals surface area contributed by atoms with E-state index in [1.54, 1.807) is 13.8 Å². The first-order chi connectivity index (χ1) is 12.2. The first-order valence-corrected chi connectivity index (χ1v) is 9.71. The van der Waals surface area contributed by atoms with E-state index in [9.17, 15) is 24.7 Å². The Morgan fingerprint density at radius 1 is 1.35 bits per heavy atom. The van der Waals surface area contributed by atoms with Gasteiger partial charge in [0.05, 0.1) is 19.9 Å². The van der Waals surface area contributed by atoms with Gasteiger partial charge in [0.25, 0.3) is 5.91 Å². The smallest absolute Gasteiger partial charge is 0.356 e. The number of nitrogens with two attached hydrogens (primary N) is 1. The lowest BCUT2D eigenvalue weighted by molar-refractivity contribution is -0.180. The molecule has 4 atom stereocenters. The van der Waals surface area contributed by atoms with Crippen LogP contribution in [-0.4, -0.2) is 77.1 Å². The number of nitrogens with one attached hydrogen (secondary N) is 1. The van der Waals surface area contributed by atoms with Crippen LogP contribution >= 0.6 is 7.60 Å². The molecule has 12 nitrogen and oxygen atoms in total. The van der Waals surface area contributed by atoms with Gasteiger partial charge < -0.3 is 44.9 Å². The normalized spacial score (nSPS) is 29.3. The van der Waals surface area contributed by atoms with E-state index in [0.717, 1.165) is 4.90 Å². The third-order valence-corrected chi connectivity index (χ3v) is 5.49. The van der Waals surface area contributed by atoms with E-state index in [0.29, 0.717) is 0 Å². The van der Waals surface area contributed by atoms with Gasteiger partial charge in [-0.1, -0.05) is 0 Å². The highest BCUT2D eigenvalue weighted by Crippen LogP contribution is 2.48. The molecule has 0 aromatic carbocycles. The summed E-state index contributed by atoms with van der Waals surface area (Å²) < 4.78 is 33.2. The van der Waals surface area contributed by atoms with Gasteiger partial charge in [-0.2, -0.15) is 0 Å². The molecule has 2 aliphatic heterocycles. The maximum absolute atomic E-state index is 12.4. The molecule has 0 aromatic heterocycles. The molecule has 26 heavy (non-hydrogen) atoms. The van der Waals surface area contributed by atoms with E-state index in [1.165, 1.54) is 0 Å². The third-order valence-electron chi connectivity index (χ3n) is 3.72. The second kappa shape index (κ2) is 8.53. The third kappa shape index (κ3) is 4.29. The number of rotatable bonds is 9. The molecule has 0 radical (unpaired) electrons. The van der Waals surface area contributed by atoms with Crippen LogP contribution in [0.25, 0.3) is 0 Å². The van der Waals surface area contributed by atoms with Crippen LogP contribution in [-0.2, 0) is 27.9 Å². The molecule has 0 unspecified atom stereocenters. The molecule has 1 saturated heterocycles. The van der Waals surface area contributed by atoms with Crippen molar-refractivity contribution >= 4 is 13.5 Å². The fraction of sp³-hybridized carbons (Fsp3) is 0.769. The fourth-order valence-electron chi connectivity index (χ4n) is 2.56. The standard InChI is InChI=1S/C13H24N3O9P/c1-3-23-26(21,24-4-2)6-22-13-9(18)8(17)12(25-13)16-5-15-7(10(14)19)11(16)20/h8-9,12-13,15,17-18,20H,3-6H2,1-2H3,(H2,14,19)/t8-,9+,12-,13+/m1/s1. The zero-order chi connectivity index (χ0) is 19.5. The molecule has 2 aliphatic rings. The van der Waals surface area contributed by atoms with Crippen molar-refractivity contribution in [3.63, 3.8) is 0 Å². The van der Waals surface area contributed by atoms with Crippen molar-refractivity contribution in [1.82, 2.24) is 10.2 Å². The summed E-state index contributed by atoms with van der Waals surface area (Å²) >= 11 is 0. The molecular weight excluding hydrogens is 373 g/mol. The van der Waals surface area contributed by atoms with Gasteiger partial charge in [-0.15, -0.1) is 0 Å². The van der Waals surface area contributed by atoms with E-state index >= 15 is 0 Å². The number of primary amides is 1. The van der Waals surface area contributed by atoms with Crippen LogP contribution < -0.4 is 11.1 Å². The summed E-state index contributed by atoms with van der Waals surface area (Å²) in [7, 11) is -3.54. The van der Waals surface area contributed by atoms with Gasteiger partial charge in [-0.05, 0) is 13.8 Å². The van der Waals surface area contributed by atoms with E-state index in [1.807, 2.05) is 0 Å². The highest BCUT2D eigenvalue weighted by atomic mass is 31.2. The van der Waals surface area contributed by atoms with Crippen LogP contribution in [0.5, 0.6) is 0 Å². The zero-order valence-electron chi connectivity index (χ0n) is 14.4. The summed E-state index contributed by atoms with van der Waals surface area (Å²) in [6.07, 6.45) is -6.05. The Morgan fingerprint density at radius 2 is 1.96 bits per heavy atom. The Kier molecular flexibility index (Phi) is 6.86. The van der Waals surface area contributed by atoms with Crippen molar-refractivity contribution in [3.05, 3.63) is 11.6 Å². The van der Waals surface area contributed by atoms with Gasteiger partial charge in [-0.25, -0.2) is 0 Å². The molecule has 0 aromatic rings. The number of amides is 1. The van der Waals surface area contributed by atoms with Crippen molar-refractivity contribution in [2.75, 3.05) is 26.2 Å². The molecule has 2 rings (SSSR count). The number of ether oxygens (including phenoxy) is 2. The second-order valence-electron chi connectivity index (χ2n) is 5.49. The first-order valence-electron chi connectivity index (χ1n) is 7.99. The van der Waals surface area contributed by atoms with Crippen molar-refractivity contribution in [2.24, 2.45) is 5.73 Å². The zero-order valence-corrected chi connectivity index (χ0v) is 15.3. The minimum Gasteiger partial charge on any atom is -0.493 e. The van der Waals surface area contributed by atoms with Crippen molar-refractivity contribution in [2.45, 2.75) is 38.6 Å². The van der Waals surface area contributed by atoms with Crippen molar-refractivity contribution in [1.29, 1.82) is 0 Å². The van der Waals surface area contributed by atoms with E-state index in [-0.39, 0.29) is 25.6 Å². The molecule has 0 spiro atoms. The van der Waals surface area contributed by atoms with Crippen LogP contribution in [0.2, 0.25) is 0 Å². The van der Waals surface area contributed by atoms with E-state index in [2.05, 4.69) is 5.32 Å². The minimum atomic E-state index is -3.54. The summed E-state index contributed by atoms with van der Waals surface area (Å²) in [5.41, 5.74) is 4.87. The lowest BCUT2D eigenvalue weighted by Crippen LogP contribution is -2.43. The molecule has 0 aliphatic carbocycles. The molecule has 1 amide bonds. The lowest BCUT2D eigenvalue weighted by Gasteiger charge is -2.26. The Labute approximate surface area is 150 Å². The van der Waals surface area contributed by atoms with Gasteiger partial charge >= 0.3 is 7.60 Å². The Morgan fingerprint density at radius 3 is 2.46 bits per heavy atom. The number of hydrogen-bond acceptors (Lipinski definition) is 11. The molecule has 13 heteroatoms. The molecule has 150 valence electrons. The summed E-state index contributed by atoms with van der Waals surface area (Å²) in [5.74, 6) is -1.41. The van der Waals surface area contributed by atoms with Gasteiger partial charge in [0, 0.05) is 0 Å². The number of aliphatic hydroxyl groups is 3. The fourth-order valence-corrected chi connectivity index (χ4v) is 3.90. The average molecular weight is 397 g/mol. The average Bonchev–Trinajstić information content (AvgIpc) is 3.08. The maximum Gasteiger partial charge on any atom is 0.356 e. The largest absolute Gasteiger partial charge is 0.493 e. The first kappa shape index (κ1) is 20.9. The van der Waals surface area contributed by atoms with Gasteiger partial charge in [-0.3, -0.25) is 14.3 Å². The molecule has 6 N–H and O–H groups in total. The SMILES string of the molecule is CCOP(=O)(CO[C@H]1O[C@@H](N2CNC(C(N)=O)=C2O)[C@H](O)[C@@H]1O)OCC. The number of carbonyl (C=O) groups is 1. The summed E-state index contributed by atoms with van der Waals surface area (Å²) in [5, 5.41) is 32.8. The Hall–Kier alpha value is -1.40. The van der Waals surface area contributed by atoms with Crippen LogP contribution in [0.1, 0.15) is 13.8 Å². The van der Waals surface area contributed by atoms with Crippen LogP contribution in [0, 0.1) is 0 Å². The van der Waals surface area contributed by atoms with Crippen LogP contribution in [0.3, 0.4) is 0 Å². The lowest BCUT2D eigenvalue weighted by atomic mass is 10.2. The van der Waals surface area contributed by atoms with Crippen LogP contribution in [0.15, 0.2) is 11.6 Å². The summed E-state index contributed by atoms with van der Waals surface area (Å²) in [4.78, 5) is 12.3. The van der Waals surface area contributed by atoms with E-state index in [4.69, 9.17) is 24.3 Å². The Balaban J connectivity index is 2.04. The Bertz CT molecular complexity index is 591. The monoisotopic (exact) mass is 397 g/mol. The van der Waals surface area contributed by atoms with Gasteiger partial charge in [0.2, 0.25) is 5.88 Å². The summed E-state index contributed by atoms with van der Waals surface area (Å²) in [6, 6.07) is 0. The molecule has 2 heterocycles. The van der Waals surface area contributed by atoms with E-state index < -0.39 is 50.5 Å². The number of nitrogens with zero attached hydrogens (tertiary/aromatic N) is 1. The molecular formula is C13H24N3O9P. The topological polar surface area (TPSA) is 173 Å². The molecule has 0 saturated carbocycles. The number of aliphatic hydroxyl groups excluding tert-OH is 3. The van der Waals surface area contributed by atoms with Gasteiger partial charge in [0.1, 0.15) is 12.2 Å². The number of carbonyl (C=O) groups excluding carboxylic acids is 1. The quantitative estimate of drug-likeness (QED) is 0.293. The summed E-state index contributed by atoms with van der Waals surface area (Å²) in [6.45, 7) is 3.46. The van der Waals surface area contributed by atoms with Gasteiger partial charge in [0.15, 0.2) is 24.6 Å². The molecule has 0 bridgehead atoms. The highest BCUT2D eigenvalue weighted by molar-refractivity contribution is 7.53. The highest BCUT2D eigenvalue weighted by Gasteiger charge is 2.49. The minimum absolute atomic E-state index is 0.0817. The predicted octanol–water partition coefficient (Wildman–Crippen LogP) is -1.29. The van der Waals surface area contributed by atoms with Crippen molar-refractivity contribution < 1.29 is 43.2 Å². The molecule has 1 fully saturated rings. The predicted molar refractivity (Wildman–Crippen MR) is 86.2 cm³/mol. The maximum atomic E-state index is 12.4. The number of hydrogen-bond donors (Lipinski definition) is 5. The second-order valence-corrected chi connectivity index (χ2v) is 7.48.